The summed E-state index contributed by atoms with van der Waals surface area (Å²) in [5.41, 5.74) is 0. The van der Waals surface area contributed by atoms with Crippen LogP contribution in [0.1, 0.15) is 187 Å². The highest BCUT2D eigenvalue weighted by atomic mass is 16.5. The number of unbranched alkanes of at least 4 members (excludes halogenated alkanes) is 25. The Morgan fingerprint density at radius 3 is 1.23 bits per heavy atom. The van der Waals surface area contributed by atoms with E-state index in [4.69, 9.17) is 4.74 Å². The van der Waals surface area contributed by atoms with Gasteiger partial charge in [-0.1, -0.05) is 154 Å². The predicted molar refractivity (Wildman–Crippen MR) is 156 cm³/mol. The lowest BCUT2D eigenvalue weighted by Gasteiger charge is -2.05. The van der Waals surface area contributed by atoms with Gasteiger partial charge in [-0.25, -0.2) is 0 Å². The van der Waals surface area contributed by atoms with Crippen molar-refractivity contribution in [2.75, 3.05) is 6.61 Å². The van der Waals surface area contributed by atoms with Crippen molar-refractivity contribution in [2.45, 2.75) is 187 Å². The maximum absolute atomic E-state index is 11.7. The second kappa shape index (κ2) is 31.2. The lowest BCUT2D eigenvalue weighted by atomic mass is 10.0. The first kappa shape index (κ1) is 34.2. The first-order chi connectivity index (χ1) is 17.3. The van der Waals surface area contributed by atoms with Gasteiger partial charge in [-0.05, 0) is 32.1 Å². The maximum atomic E-state index is 11.7. The van der Waals surface area contributed by atoms with Gasteiger partial charge in [0.15, 0.2) is 0 Å². The Balaban J connectivity index is 3.09. The van der Waals surface area contributed by atoms with Crippen LogP contribution in [0.25, 0.3) is 0 Å². The van der Waals surface area contributed by atoms with Crippen LogP contribution in [-0.4, -0.2) is 12.6 Å². The topological polar surface area (TPSA) is 26.3 Å². The molecule has 0 rings (SSSR count). The highest BCUT2D eigenvalue weighted by Crippen LogP contribution is 2.15. The van der Waals surface area contributed by atoms with E-state index in [1.807, 2.05) is 6.08 Å². The summed E-state index contributed by atoms with van der Waals surface area (Å²) >= 11 is 0. The van der Waals surface area contributed by atoms with Crippen molar-refractivity contribution in [1.82, 2.24) is 0 Å². The van der Waals surface area contributed by atoms with Gasteiger partial charge in [0, 0.05) is 6.42 Å². The molecule has 35 heavy (non-hydrogen) atoms. The van der Waals surface area contributed by atoms with E-state index >= 15 is 0 Å². The Labute approximate surface area is 221 Å². The lowest BCUT2D eigenvalue weighted by Crippen LogP contribution is -2.05. The fraction of sp³-hybridized carbons (Fsp3) is 0.909. The van der Waals surface area contributed by atoms with Crippen molar-refractivity contribution in [2.24, 2.45) is 0 Å². The fourth-order valence-corrected chi connectivity index (χ4v) is 4.88. The van der Waals surface area contributed by atoms with Crippen LogP contribution in [-0.2, 0) is 9.53 Å². The number of carbonyl (C=O) groups is 1. The predicted octanol–water partition coefficient (Wildman–Crippen LogP) is 11.7. The molecular formula is C33H64O2. The second-order valence-electron chi connectivity index (χ2n) is 10.9. The van der Waals surface area contributed by atoms with E-state index in [1.54, 1.807) is 0 Å². The Bertz CT molecular complexity index is 417. The van der Waals surface area contributed by atoms with Gasteiger partial charge in [-0.2, -0.15) is 0 Å². The van der Waals surface area contributed by atoms with E-state index in [1.165, 1.54) is 141 Å². The van der Waals surface area contributed by atoms with Gasteiger partial charge in [0.05, 0.1) is 6.61 Å². The normalized spacial score (nSPS) is 11.1. The molecule has 0 N–H and O–H groups in total. The summed E-state index contributed by atoms with van der Waals surface area (Å²) in [6, 6.07) is 0. The third kappa shape index (κ3) is 31.2. The van der Waals surface area contributed by atoms with Crippen molar-refractivity contribution in [3.8, 4) is 0 Å². The molecule has 2 nitrogen and oxygen atoms in total. The van der Waals surface area contributed by atoms with Crippen LogP contribution < -0.4 is 0 Å². The third-order valence-corrected chi connectivity index (χ3v) is 7.30. The molecule has 0 aliphatic heterocycles. The molecule has 208 valence electrons. The Morgan fingerprint density at radius 2 is 0.857 bits per heavy atom. The average Bonchev–Trinajstić information content (AvgIpc) is 2.86. The maximum Gasteiger partial charge on any atom is 0.305 e. The molecule has 0 saturated carbocycles. The minimum Gasteiger partial charge on any atom is -0.466 e. The standard InChI is InChI=1S/C33H64O2/c1-3-5-7-9-10-11-12-13-14-15-16-17-18-19-20-21-22-23-24-25-26-27-29-31-33(34)35-32-30-28-8-6-4-2/h4H,2-3,5-32H2,1H3. The molecule has 0 aromatic carbocycles. The molecule has 0 atom stereocenters. The van der Waals surface area contributed by atoms with E-state index in [0.717, 1.165) is 32.1 Å². The summed E-state index contributed by atoms with van der Waals surface area (Å²) in [6.45, 7) is 6.61. The van der Waals surface area contributed by atoms with Gasteiger partial charge < -0.3 is 4.74 Å². The fourth-order valence-electron chi connectivity index (χ4n) is 4.88. The Morgan fingerprint density at radius 1 is 0.514 bits per heavy atom. The summed E-state index contributed by atoms with van der Waals surface area (Å²) in [7, 11) is 0. The number of esters is 1. The SMILES string of the molecule is C=CCCCCCOC(=O)CCCCCCCCCCCCCCCCCCCCCCCCC. The number of carbonyl (C=O) groups excluding carboxylic acids is 1. The number of hydrogen-bond donors (Lipinski definition) is 0. The van der Waals surface area contributed by atoms with Gasteiger partial charge in [0.1, 0.15) is 0 Å². The number of hydrogen-bond acceptors (Lipinski definition) is 2. The number of rotatable bonds is 30. The molecule has 0 bridgehead atoms. The molecule has 0 amide bonds. The largest absolute Gasteiger partial charge is 0.466 e. The molecule has 0 radical (unpaired) electrons. The summed E-state index contributed by atoms with van der Waals surface area (Å²) in [6.07, 6.45) is 39.0. The summed E-state index contributed by atoms with van der Waals surface area (Å²) in [4.78, 5) is 11.7. The van der Waals surface area contributed by atoms with Crippen LogP contribution in [0, 0.1) is 0 Å². The Kier molecular flexibility index (Phi) is 30.5. The van der Waals surface area contributed by atoms with E-state index in [-0.39, 0.29) is 5.97 Å². The molecule has 0 aliphatic rings. The van der Waals surface area contributed by atoms with E-state index < -0.39 is 0 Å². The molecule has 2 heteroatoms. The molecule has 0 aliphatic carbocycles. The van der Waals surface area contributed by atoms with E-state index in [2.05, 4.69) is 13.5 Å². The lowest BCUT2D eigenvalue weighted by molar-refractivity contribution is -0.143. The van der Waals surface area contributed by atoms with Crippen LogP contribution in [0.15, 0.2) is 12.7 Å². The van der Waals surface area contributed by atoms with Gasteiger partial charge in [0.25, 0.3) is 0 Å². The summed E-state index contributed by atoms with van der Waals surface area (Å²) < 4.78 is 5.31. The number of ether oxygens (including phenoxy) is 1. The van der Waals surface area contributed by atoms with Gasteiger partial charge in [-0.15, -0.1) is 6.58 Å². The zero-order valence-electron chi connectivity index (χ0n) is 24.1. The van der Waals surface area contributed by atoms with E-state index in [9.17, 15) is 4.79 Å². The quantitative estimate of drug-likeness (QED) is 0.0566. The minimum atomic E-state index is -0.00258. The minimum absolute atomic E-state index is 0.00258. The van der Waals surface area contributed by atoms with Crippen molar-refractivity contribution in [3.05, 3.63) is 12.7 Å². The molecule has 0 spiro atoms. The molecule has 0 aromatic heterocycles. The van der Waals surface area contributed by atoms with Gasteiger partial charge in [-0.3, -0.25) is 4.79 Å². The molecule has 0 heterocycles. The van der Waals surface area contributed by atoms with Gasteiger partial charge in [0.2, 0.25) is 0 Å². The van der Waals surface area contributed by atoms with Crippen molar-refractivity contribution >= 4 is 5.97 Å². The van der Waals surface area contributed by atoms with Crippen molar-refractivity contribution < 1.29 is 9.53 Å². The number of allylic oxidation sites excluding steroid dienone is 1. The smallest absolute Gasteiger partial charge is 0.305 e. The van der Waals surface area contributed by atoms with Crippen LogP contribution in [0.3, 0.4) is 0 Å². The van der Waals surface area contributed by atoms with Crippen LogP contribution in [0.2, 0.25) is 0 Å². The Hall–Kier alpha value is -0.790. The van der Waals surface area contributed by atoms with Crippen LogP contribution in [0.4, 0.5) is 0 Å². The summed E-state index contributed by atoms with van der Waals surface area (Å²) in [5, 5.41) is 0. The molecule has 0 aromatic rings. The molecular weight excluding hydrogens is 428 g/mol. The zero-order chi connectivity index (χ0) is 25.5. The first-order valence-corrected chi connectivity index (χ1v) is 16.1. The first-order valence-electron chi connectivity index (χ1n) is 16.1. The highest BCUT2D eigenvalue weighted by Gasteiger charge is 2.02. The summed E-state index contributed by atoms with van der Waals surface area (Å²) in [5.74, 6) is -0.00258. The average molecular weight is 493 g/mol. The van der Waals surface area contributed by atoms with Crippen molar-refractivity contribution in [3.63, 3.8) is 0 Å². The van der Waals surface area contributed by atoms with Crippen LogP contribution in [0.5, 0.6) is 0 Å². The van der Waals surface area contributed by atoms with Crippen LogP contribution >= 0.6 is 0 Å². The van der Waals surface area contributed by atoms with Crippen molar-refractivity contribution in [1.29, 1.82) is 0 Å². The molecule has 0 unspecified atom stereocenters. The van der Waals surface area contributed by atoms with Gasteiger partial charge >= 0.3 is 5.97 Å². The zero-order valence-corrected chi connectivity index (χ0v) is 24.1. The molecule has 0 fully saturated rings. The molecule has 0 saturated heterocycles. The van der Waals surface area contributed by atoms with E-state index in [0.29, 0.717) is 13.0 Å². The monoisotopic (exact) mass is 492 g/mol. The second-order valence-corrected chi connectivity index (χ2v) is 10.9. The third-order valence-electron chi connectivity index (χ3n) is 7.30. The highest BCUT2D eigenvalue weighted by molar-refractivity contribution is 5.69.